The van der Waals surface area contributed by atoms with Crippen LogP contribution in [0.2, 0.25) is 5.02 Å². The maximum absolute atomic E-state index is 13.7. The molecule has 0 saturated carbocycles. The van der Waals surface area contributed by atoms with E-state index in [9.17, 15) is 18.8 Å². The first kappa shape index (κ1) is 20.0. The van der Waals surface area contributed by atoms with E-state index >= 15 is 0 Å². The van der Waals surface area contributed by atoms with Crippen LogP contribution in [-0.4, -0.2) is 41.4 Å². The summed E-state index contributed by atoms with van der Waals surface area (Å²) in [6.07, 6.45) is 0. The van der Waals surface area contributed by atoms with Crippen molar-refractivity contribution < 1.29 is 18.8 Å². The summed E-state index contributed by atoms with van der Waals surface area (Å²) in [5.74, 6) is -2.03. The van der Waals surface area contributed by atoms with Gasteiger partial charge >= 0.3 is 0 Å². The van der Waals surface area contributed by atoms with Crippen molar-refractivity contribution in [2.45, 2.75) is 25.9 Å². The van der Waals surface area contributed by atoms with Gasteiger partial charge in [-0.15, -0.1) is 0 Å². The largest absolute Gasteiger partial charge is 0.324 e. The summed E-state index contributed by atoms with van der Waals surface area (Å²) in [6.45, 7) is 3.10. The third-order valence-corrected chi connectivity index (χ3v) is 5.44. The minimum Gasteiger partial charge on any atom is -0.324 e. The highest BCUT2D eigenvalue weighted by Gasteiger charge is 2.55. The fourth-order valence-electron chi connectivity index (χ4n) is 3.35. The van der Waals surface area contributed by atoms with E-state index in [2.05, 4.69) is 15.7 Å². The average Bonchev–Trinajstić information content (AvgIpc) is 3.21. The Morgan fingerprint density at radius 1 is 1.13 bits per heavy atom. The number of rotatable bonds is 4. The lowest BCUT2D eigenvalue weighted by molar-refractivity contribution is -0.123. The Bertz CT molecular complexity index is 1110. The van der Waals surface area contributed by atoms with Crippen LogP contribution in [0.25, 0.3) is 0 Å². The summed E-state index contributed by atoms with van der Waals surface area (Å²) in [6, 6.07) is 7.14. The van der Waals surface area contributed by atoms with Crippen molar-refractivity contribution in [1.29, 1.82) is 0 Å². The fraction of sp³-hybridized carbons (Fsp3) is 0.250. The molecule has 2 unspecified atom stereocenters. The number of nitrogens with one attached hydrogen (secondary N) is 1. The Morgan fingerprint density at radius 3 is 2.57 bits per heavy atom. The number of hydrogen-bond donors (Lipinski definition) is 1. The molecule has 2 aliphatic rings. The summed E-state index contributed by atoms with van der Waals surface area (Å²) in [4.78, 5) is 39.1. The van der Waals surface area contributed by atoms with Gasteiger partial charge in [0.05, 0.1) is 5.69 Å². The van der Waals surface area contributed by atoms with Crippen LogP contribution in [0.4, 0.5) is 15.8 Å². The fourth-order valence-corrected chi connectivity index (χ4v) is 3.52. The van der Waals surface area contributed by atoms with Gasteiger partial charge in [0.25, 0.3) is 11.8 Å². The highest BCUT2D eigenvalue weighted by Crippen LogP contribution is 2.33. The van der Waals surface area contributed by atoms with Crippen LogP contribution in [0, 0.1) is 19.7 Å². The zero-order valence-corrected chi connectivity index (χ0v) is 16.9. The lowest BCUT2D eigenvalue weighted by Gasteiger charge is -2.20. The van der Waals surface area contributed by atoms with Crippen LogP contribution in [0.3, 0.4) is 0 Å². The van der Waals surface area contributed by atoms with Crippen molar-refractivity contribution in [3.63, 3.8) is 0 Å². The van der Waals surface area contributed by atoms with Crippen LogP contribution < -0.4 is 10.2 Å². The lowest BCUT2D eigenvalue weighted by atomic mass is 10.1. The molecule has 2 atom stereocenters. The lowest BCUT2D eigenvalue weighted by Crippen LogP contribution is -2.43. The van der Waals surface area contributed by atoms with Gasteiger partial charge in [0.15, 0.2) is 12.1 Å². The maximum atomic E-state index is 13.7. The third kappa shape index (κ3) is 3.41. The SMILES string of the molecule is Cc1ccc(NC(=O)CN2N=NC3C(=O)N(c4ccc(C)c(Cl)c4)C(=O)C32)cc1F. The van der Waals surface area contributed by atoms with Crippen molar-refractivity contribution in [2.75, 3.05) is 16.8 Å². The van der Waals surface area contributed by atoms with Crippen molar-refractivity contribution in [1.82, 2.24) is 5.01 Å². The molecule has 0 aromatic heterocycles. The van der Waals surface area contributed by atoms with Crippen molar-refractivity contribution >= 4 is 40.7 Å². The molecular formula is C20H17ClFN5O3. The molecule has 8 nitrogen and oxygen atoms in total. The van der Waals surface area contributed by atoms with E-state index < -0.39 is 35.6 Å². The smallest absolute Gasteiger partial charge is 0.263 e. The van der Waals surface area contributed by atoms with Gasteiger partial charge in [-0.1, -0.05) is 29.0 Å². The summed E-state index contributed by atoms with van der Waals surface area (Å²) < 4.78 is 13.7. The first-order chi connectivity index (χ1) is 14.3. The Hall–Kier alpha value is -3.33. The summed E-state index contributed by atoms with van der Waals surface area (Å²) in [7, 11) is 0. The van der Waals surface area contributed by atoms with Gasteiger partial charge in [0, 0.05) is 10.7 Å². The van der Waals surface area contributed by atoms with Gasteiger partial charge in [-0.3, -0.25) is 19.4 Å². The topological polar surface area (TPSA) is 94.4 Å². The van der Waals surface area contributed by atoms with Gasteiger partial charge in [-0.25, -0.2) is 9.29 Å². The molecule has 0 spiro atoms. The Morgan fingerprint density at radius 2 is 1.87 bits per heavy atom. The van der Waals surface area contributed by atoms with Crippen molar-refractivity contribution in [2.24, 2.45) is 10.3 Å². The number of halogens is 2. The quantitative estimate of drug-likeness (QED) is 0.756. The van der Waals surface area contributed by atoms with Gasteiger partial charge in [-0.2, -0.15) is 5.11 Å². The van der Waals surface area contributed by atoms with E-state index in [4.69, 9.17) is 11.6 Å². The predicted octanol–water partition coefficient (Wildman–Crippen LogP) is 3.03. The minimum absolute atomic E-state index is 0.278. The molecule has 2 aliphatic heterocycles. The summed E-state index contributed by atoms with van der Waals surface area (Å²) in [5, 5.41) is 11.8. The number of aryl methyl sites for hydroxylation is 2. The normalized spacial score (nSPS) is 20.1. The second-order valence-corrected chi connectivity index (χ2v) is 7.56. The van der Waals surface area contributed by atoms with Gasteiger partial charge in [0.1, 0.15) is 12.4 Å². The van der Waals surface area contributed by atoms with Crippen molar-refractivity contribution in [3.8, 4) is 0 Å². The van der Waals surface area contributed by atoms with Gasteiger partial charge in [0.2, 0.25) is 5.91 Å². The molecule has 2 aromatic rings. The van der Waals surface area contributed by atoms with Gasteiger partial charge < -0.3 is 5.32 Å². The third-order valence-electron chi connectivity index (χ3n) is 5.03. The number of anilines is 2. The second kappa shape index (κ2) is 7.49. The highest BCUT2D eigenvalue weighted by molar-refractivity contribution is 6.32. The molecule has 154 valence electrons. The second-order valence-electron chi connectivity index (χ2n) is 7.15. The number of benzene rings is 2. The molecule has 1 saturated heterocycles. The predicted molar refractivity (Wildman–Crippen MR) is 108 cm³/mol. The van der Waals surface area contributed by atoms with Crippen LogP contribution in [0.15, 0.2) is 46.7 Å². The van der Waals surface area contributed by atoms with Crippen LogP contribution in [0.5, 0.6) is 0 Å². The molecule has 2 heterocycles. The van der Waals surface area contributed by atoms with E-state index in [-0.39, 0.29) is 12.2 Å². The van der Waals surface area contributed by atoms with E-state index in [0.717, 1.165) is 10.5 Å². The number of hydrogen-bond acceptors (Lipinski definition) is 6. The Kier molecular flexibility index (Phi) is 4.98. The van der Waals surface area contributed by atoms with E-state index in [1.165, 1.54) is 17.1 Å². The Balaban J connectivity index is 1.49. The molecule has 0 aliphatic carbocycles. The molecule has 4 rings (SSSR count). The number of fused-ring (bicyclic) bond motifs is 1. The number of carbonyl (C=O) groups is 3. The summed E-state index contributed by atoms with van der Waals surface area (Å²) in [5.41, 5.74) is 1.88. The molecule has 1 N–H and O–H groups in total. The number of carbonyl (C=O) groups excluding carboxylic acids is 3. The average molecular weight is 430 g/mol. The zero-order valence-electron chi connectivity index (χ0n) is 16.1. The van der Waals surface area contributed by atoms with Crippen LogP contribution in [0.1, 0.15) is 11.1 Å². The van der Waals surface area contributed by atoms with Crippen LogP contribution >= 0.6 is 11.6 Å². The number of imide groups is 1. The van der Waals surface area contributed by atoms with E-state index in [1.54, 1.807) is 31.2 Å². The molecule has 0 bridgehead atoms. The molecule has 30 heavy (non-hydrogen) atoms. The first-order valence-electron chi connectivity index (χ1n) is 9.13. The number of nitrogens with zero attached hydrogens (tertiary/aromatic N) is 4. The monoisotopic (exact) mass is 429 g/mol. The first-order valence-corrected chi connectivity index (χ1v) is 9.51. The Labute approximate surface area is 176 Å². The number of amides is 3. The zero-order chi connectivity index (χ0) is 21.6. The molecular weight excluding hydrogens is 413 g/mol. The van der Waals surface area contributed by atoms with Crippen molar-refractivity contribution in [3.05, 3.63) is 58.4 Å². The minimum atomic E-state index is -1.03. The van der Waals surface area contributed by atoms with E-state index in [1.807, 2.05) is 6.92 Å². The molecule has 2 aromatic carbocycles. The molecule has 1 fully saturated rings. The van der Waals surface area contributed by atoms with E-state index in [0.29, 0.717) is 16.3 Å². The molecule has 0 radical (unpaired) electrons. The standard InChI is InChI=1S/C20H17ClFN5O3/c1-10-4-6-13(8-14(10)21)27-19(29)17-18(20(27)30)26(25-24-17)9-16(28)23-12-5-3-11(2)15(22)7-12/h3-8,17-18H,9H2,1-2H3,(H,23,28). The maximum Gasteiger partial charge on any atom is 0.263 e. The summed E-state index contributed by atoms with van der Waals surface area (Å²) >= 11 is 6.12. The highest BCUT2D eigenvalue weighted by atomic mass is 35.5. The van der Waals surface area contributed by atoms with Crippen LogP contribution in [-0.2, 0) is 14.4 Å². The molecule has 10 heteroatoms. The van der Waals surface area contributed by atoms with Gasteiger partial charge in [-0.05, 0) is 49.2 Å². The molecule has 3 amide bonds.